The number of fused-ring (bicyclic) bond motifs is 1. The molecule has 0 saturated heterocycles. The molecule has 31 heavy (non-hydrogen) atoms. The molecule has 11 heteroatoms. The number of aryl methyl sites for hydroxylation is 1. The van der Waals surface area contributed by atoms with Crippen LogP contribution in [0.25, 0.3) is 22.5 Å². The van der Waals surface area contributed by atoms with Crippen LogP contribution in [0.5, 0.6) is 5.75 Å². The quantitative estimate of drug-likeness (QED) is 0.475. The number of nitrogens with one attached hydrogen (secondary N) is 1. The van der Waals surface area contributed by atoms with Crippen LogP contribution < -0.4 is 21.3 Å². The number of imidazole rings is 1. The minimum absolute atomic E-state index is 0.132. The third-order valence-corrected chi connectivity index (χ3v) is 4.93. The molecule has 160 valence electrons. The number of hydrogen-bond donors (Lipinski definition) is 1. The average Bonchev–Trinajstić information content (AvgIpc) is 3.42. The second-order valence-electron chi connectivity index (χ2n) is 6.94. The Morgan fingerprint density at radius 2 is 1.90 bits per heavy atom. The molecule has 0 atom stereocenters. The molecule has 0 fully saturated rings. The van der Waals surface area contributed by atoms with Crippen molar-refractivity contribution in [2.75, 3.05) is 7.11 Å². The van der Waals surface area contributed by atoms with Crippen molar-refractivity contribution in [3.63, 3.8) is 0 Å². The number of carbonyl (C=O) groups is 1. The van der Waals surface area contributed by atoms with E-state index in [1.54, 1.807) is 13.2 Å². The summed E-state index contributed by atoms with van der Waals surface area (Å²) < 4.78 is 14.1. The zero-order chi connectivity index (χ0) is 22.1. The lowest BCUT2D eigenvalue weighted by Crippen LogP contribution is -2.38. The SMILES string of the molecule is COc1ccc(-c2cc(CNC(=O)Cn3cnc4c3c(=O)n(C)c(=O)n4C)no2)cc1. The van der Waals surface area contributed by atoms with Gasteiger partial charge in [0.15, 0.2) is 16.9 Å². The Labute approximate surface area is 175 Å². The molecule has 0 radical (unpaired) electrons. The van der Waals surface area contributed by atoms with Gasteiger partial charge in [-0.15, -0.1) is 0 Å². The first-order valence-electron chi connectivity index (χ1n) is 9.36. The first kappa shape index (κ1) is 20.1. The van der Waals surface area contributed by atoms with Crippen LogP contribution in [-0.4, -0.2) is 36.9 Å². The second-order valence-corrected chi connectivity index (χ2v) is 6.94. The van der Waals surface area contributed by atoms with Gasteiger partial charge >= 0.3 is 5.69 Å². The fourth-order valence-electron chi connectivity index (χ4n) is 3.20. The van der Waals surface area contributed by atoms with E-state index in [1.807, 2.05) is 24.3 Å². The number of aromatic nitrogens is 5. The summed E-state index contributed by atoms with van der Waals surface area (Å²) in [5.41, 5.74) is 0.796. The van der Waals surface area contributed by atoms with Gasteiger partial charge in [-0.3, -0.25) is 18.7 Å². The number of methoxy groups -OCH3 is 1. The van der Waals surface area contributed by atoms with Gasteiger partial charge in [-0.25, -0.2) is 9.78 Å². The summed E-state index contributed by atoms with van der Waals surface area (Å²) in [5.74, 6) is 0.957. The molecular weight excluding hydrogens is 404 g/mol. The summed E-state index contributed by atoms with van der Waals surface area (Å²) in [6.45, 7) is 0.0226. The van der Waals surface area contributed by atoms with Crippen LogP contribution in [-0.2, 0) is 32.0 Å². The van der Waals surface area contributed by atoms with E-state index in [2.05, 4.69) is 15.5 Å². The zero-order valence-corrected chi connectivity index (χ0v) is 17.2. The Balaban J connectivity index is 1.45. The summed E-state index contributed by atoms with van der Waals surface area (Å²) in [4.78, 5) is 41.0. The van der Waals surface area contributed by atoms with E-state index in [9.17, 15) is 14.4 Å². The Hall–Kier alpha value is -4.15. The lowest BCUT2D eigenvalue weighted by Gasteiger charge is -2.07. The average molecular weight is 424 g/mol. The summed E-state index contributed by atoms with van der Waals surface area (Å²) >= 11 is 0. The van der Waals surface area contributed by atoms with E-state index in [1.165, 1.54) is 29.6 Å². The standard InChI is InChI=1S/C20H20N6O5/c1-24-18-17(19(28)25(2)20(24)29)26(11-22-18)10-16(27)21-9-13-8-15(31-23-13)12-4-6-14(30-3)7-5-12/h4-8,11H,9-10H2,1-3H3,(H,21,27). The fraction of sp³-hybridized carbons (Fsp3) is 0.250. The predicted octanol–water partition coefficient (Wildman–Crippen LogP) is 0.414. The zero-order valence-electron chi connectivity index (χ0n) is 17.2. The predicted molar refractivity (Wildman–Crippen MR) is 111 cm³/mol. The van der Waals surface area contributed by atoms with Crippen LogP contribution in [0.15, 0.2) is 50.8 Å². The van der Waals surface area contributed by atoms with Crippen molar-refractivity contribution in [3.8, 4) is 17.1 Å². The Bertz CT molecular complexity index is 1380. The highest BCUT2D eigenvalue weighted by atomic mass is 16.5. The monoisotopic (exact) mass is 424 g/mol. The van der Waals surface area contributed by atoms with Gasteiger partial charge < -0.3 is 19.1 Å². The fourth-order valence-corrected chi connectivity index (χ4v) is 3.20. The molecule has 0 aliphatic rings. The van der Waals surface area contributed by atoms with Gasteiger partial charge in [0.05, 0.1) is 20.0 Å². The molecule has 1 N–H and O–H groups in total. The third-order valence-electron chi connectivity index (χ3n) is 4.93. The molecule has 0 aliphatic carbocycles. The highest BCUT2D eigenvalue weighted by Crippen LogP contribution is 2.23. The third kappa shape index (κ3) is 3.72. The van der Waals surface area contributed by atoms with Crippen molar-refractivity contribution in [1.82, 2.24) is 29.2 Å². The molecule has 4 rings (SSSR count). The number of carbonyl (C=O) groups excluding carboxylic acids is 1. The van der Waals surface area contributed by atoms with Crippen LogP contribution in [0, 0.1) is 0 Å². The molecule has 4 aromatic rings. The van der Waals surface area contributed by atoms with Gasteiger partial charge in [-0.2, -0.15) is 0 Å². The summed E-state index contributed by atoms with van der Waals surface area (Å²) in [6.07, 6.45) is 1.36. The maximum atomic E-state index is 12.4. The van der Waals surface area contributed by atoms with Crippen molar-refractivity contribution in [2.24, 2.45) is 14.1 Å². The minimum Gasteiger partial charge on any atom is -0.497 e. The van der Waals surface area contributed by atoms with E-state index in [4.69, 9.17) is 9.26 Å². The van der Waals surface area contributed by atoms with Crippen LogP contribution >= 0.6 is 0 Å². The largest absolute Gasteiger partial charge is 0.497 e. The Kier molecular flexibility index (Phi) is 5.15. The van der Waals surface area contributed by atoms with Crippen molar-refractivity contribution in [2.45, 2.75) is 13.1 Å². The van der Waals surface area contributed by atoms with Crippen LogP contribution in [0.1, 0.15) is 5.69 Å². The number of nitrogens with zero attached hydrogens (tertiary/aromatic N) is 5. The summed E-state index contributed by atoms with van der Waals surface area (Å²) in [6, 6.07) is 9.06. The molecular formula is C20H20N6O5. The van der Waals surface area contributed by atoms with E-state index in [0.29, 0.717) is 11.5 Å². The number of rotatable bonds is 6. The summed E-state index contributed by atoms with van der Waals surface area (Å²) in [5, 5.41) is 6.71. The van der Waals surface area contributed by atoms with Gasteiger partial charge in [-0.05, 0) is 24.3 Å². The molecule has 3 heterocycles. The minimum atomic E-state index is -0.510. The molecule has 0 unspecified atom stereocenters. The van der Waals surface area contributed by atoms with Gasteiger partial charge in [0.25, 0.3) is 5.56 Å². The van der Waals surface area contributed by atoms with Crippen molar-refractivity contribution < 1.29 is 14.1 Å². The Morgan fingerprint density at radius 3 is 2.61 bits per heavy atom. The van der Waals surface area contributed by atoms with E-state index in [-0.39, 0.29) is 30.2 Å². The molecule has 11 nitrogen and oxygen atoms in total. The van der Waals surface area contributed by atoms with Crippen molar-refractivity contribution in [3.05, 3.63) is 63.2 Å². The van der Waals surface area contributed by atoms with Crippen LogP contribution in [0.3, 0.4) is 0 Å². The maximum Gasteiger partial charge on any atom is 0.332 e. The molecule has 0 aliphatic heterocycles. The molecule has 1 aromatic carbocycles. The smallest absolute Gasteiger partial charge is 0.332 e. The Morgan fingerprint density at radius 1 is 1.16 bits per heavy atom. The van der Waals surface area contributed by atoms with Gasteiger partial charge in [0.1, 0.15) is 18.0 Å². The normalized spacial score (nSPS) is 11.1. The van der Waals surface area contributed by atoms with E-state index < -0.39 is 11.2 Å². The van der Waals surface area contributed by atoms with Gasteiger partial charge in [0, 0.05) is 25.7 Å². The van der Waals surface area contributed by atoms with Crippen LogP contribution in [0.4, 0.5) is 0 Å². The number of benzene rings is 1. The van der Waals surface area contributed by atoms with Crippen LogP contribution in [0.2, 0.25) is 0 Å². The lowest BCUT2D eigenvalue weighted by molar-refractivity contribution is -0.121. The number of hydrogen-bond acceptors (Lipinski definition) is 7. The molecule has 1 amide bonds. The first-order valence-corrected chi connectivity index (χ1v) is 9.36. The maximum absolute atomic E-state index is 12.4. The number of amides is 1. The van der Waals surface area contributed by atoms with E-state index in [0.717, 1.165) is 15.9 Å². The van der Waals surface area contributed by atoms with Crippen molar-refractivity contribution >= 4 is 17.1 Å². The lowest BCUT2D eigenvalue weighted by atomic mass is 10.1. The summed E-state index contributed by atoms with van der Waals surface area (Å²) in [7, 11) is 4.49. The highest BCUT2D eigenvalue weighted by Gasteiger charge is 2.16. The first-order chi connectivity index (χ1) is 14.9. The highest BCUT2D eigenvalue weighted by molar-refractivity contribution is 5.78. The van der Waals surface area contributed by atoms with Gasteiger partial charge in [-0.1, -0.05) is 5.16 Å². The van der Waals surface area contributed by atoms with Gasteiger partial charge in [0.2, 0.25) is 5.91 Å². The molecule has 0 saturated carbocycles. The molecule has 0 spiro atoms. The van der Waals surface area contributed by atoms with E-state index >= 15 is 0 Å². The number of ether oxygens (including phenoxy) is 1. The topological polar surface area (TPSA) is 126 Å². The second kappa shape index (κ2) is 7.94. The molecule has 0 bridgehead atoms. The molecule has 3 aromatic heterocycles. The van der Waals surface area contributed by atoms with Crippen molar-refractivity contribution in [1.29, 1.82) is 0 Å².